The summed E-state index contributed by atoms with van der Waals surface area (Å²) in [6.45, 7) is 3.21. The highest BCUT2D eigenvalue weighted by molar-refractivity contribution is 7.15. The minimum atomic E-state index is -0.0593. The second kappa shape index (κ2) is 4.70. The summed E-state index contributed by atoms with van der Waals surface area (Å²) in [7, 11) is 0. The predicted octanol–water partition coefficient (Wildman–Crippen LogP) is 2.32. The molecule has 1 saturated heterocycles. The van der Waals surface area contributed by atoms with Gasteiger partial charge in [0.2, 0.25) is 0 Å². The highest BCUT2D eigenvalue weighted by atomic mass is 32.1. The molecule has 21 heavy (non-hydrogen) atoms. The Kier molecular flexibility index (Phi) is 2.81. The summed E-state index contributed by atoms with van der Waals surface area (Å²) in [6, 6.07) is 1.68. The SMILES string of the molecule is Cc1cc(C(=O)N2CC[C@H](c3ncn4ccsc34)C2)no1. The van der Waals surface area contributed by atoms with E-state index < -0.39 is 0 Å². The molecule has 0 unspecified atom stereocenters. The van der Waals surface area contributed by atoms with E-state index in [1.807, 2.05) is 21.8 Å². The molecule has 3 aromatic heterocycles. The Morgan fingerprint density at radius 3 is 3.24 bits per heavy atom. The lowest BCUT2D eigenvalue weighted by Gasteiger charge is -2.14. The van der Waals surface area contributed by atoms with E-state index in [4.69, 9.17) is 4.52 Å². The summed E-state index contributed by atoms with van der Waals surface area (Å²) < 4.78 is 7.01. The van der Waals surface area contributed by atoms with Crippen molar-refractivity contribution in [1.29, 1.82) is 0 Å². The van der Waals surface area contributed by atoms with E-state index in [1.165, 1.54) is 4.83 Å². The van der Waals surface area contributed by atoms with Gasteiger partial charge in [-0.2, -0.15) is 0 Å². The van der Waals surface area contributed by atoms with Crippen molar-refractivity contribution in [2.45, 2.75) is 19.3 Å². The number of carbonyl (C=O) groups is 1. The van der Waals surface area contributed by atoms with E-state index in [9.17, 15) is 4.79 Å². The first-order valence-corrected chi connectivity index (χ1v) is 7.73. The van der Waals surface area contributed by atoms with Crippen LogP contribution in [-0.4, -0.2) is 38.4 Å². The standard InChI is InChI=1S/C14H14N4O2S/c1-9-6-11(16-20-9)13(19)17-3-2-10(7-17)12-14-18(8-15-12)4-5-21-14/h4-6,8,10H,2-3,7H2,1H3/t10-/m0/s1. The second-order valence-electron chi connectivity index (χ2n) is 5.30. The Labute approximate surface area is 125 Å². The number of aromatic nitrogens is 3. The quantitative estimate of drug-likeness (QED) is 0.729. The van der Waals surface area contributed by atoms with Gasteiger partial charge in [-0.1, -0.05) is 5.16 Å². The van der Waals surface area contributed by atoms with Gasteiger partial charge in [-0.05, 0) is 13.3 Å². The summed E-state index contributed by atoms with van der Waals surface area (Å²) in [5.41, 5.74) is 1.48. The normalized spacial score (nSPS) is 18.7. The van der Waals surface area contributed by atoms with Crippen LogP contribution in [0.1, 0.15) is 34.3 Å². The van der Waals surface area contributed by atoms with E-state index in [1.54, 1.807) is 24.3 Å². The molecule has 0 aliphatic carbocycles. The lowest BCUT2D eigenvalue weighted by Crippen LogP contribution is -2.28. The van der Waals surface area contributed by atoms with Crippen molar-refractivity contribution in [2.75, 3.05) is 13.1 Å². The van der Waals surface area contributed by atoms with E-state index in [0.717, 1.165) is 18.7 Å². The number of rotatable bonds is 2. The van der Waals surface area contributed by atoms with Gasteiger partial charge in [0.15, 0.2) is 5.69 Å². The molecule has 0 N–H and O–H groups in total. The maximum Gasteiger partial charge on any atom is 0.276 e. The van der Waals surface area contributed by atoms with Crippen LogP contribution in [0, 0.1) is 6.92 Å². The van der Waals surface area contributed by atoms with Gasteiger partial charge in [-0.25, -0.2) is 4.98 Å². The molecule has 0 saturated carbocycles. The molecular weight excluding hydrogens is 288 g/mol. The van der Waals surface area contributed by atoms with Crippen LogP contribution in [0.5, 0.6) is 0 Å². The van der Waals surface area contributed by atoms with Gasteiger partial charge in [0.25, 0.3) is 5.91 Å². The topological polar surface area (TPSA) is 63.6 Å². The molecule has 1 fully saturated rings. The van der Waals surface area contributed by atoms with Gasteiger partial charge in [0, 0.05) is 36.7 Å². The molecule has 0 radical (unpaired) electrons. The number of amides is 1. The van der Waals surface area contributed by atoms with Crippen LogP contribution in [0.4, 0.5) is 0 Å². The van der Waals surface area contributed by atoms with Gasteiger partial charge < -0.3 is 9.42 Å². The van der Waals surface area contributed by atoms with E-state index in [2.05, 4.69) is 15.5 Å². The number of hydrogen-bond donors (Lipinski definition) is 0. The van der Waals surface area contributed by atoms with Crippen LogP contribution < -0.4 is 0 Å². The Morgan fingerprint density at radius 1 is 1.52 bits per heavy atom. The molecule has 0 bridgehead atoms. The van der Waals surface area contributed by atoms with Gasteiger partial charge in [-0.3, -0.25) is 9.20 Å². The molecule has 1 amide bonds. The van der Waals surface area contributed by atoms with Crippen LogP contribution in [0.2, 0.25) is 0 Å². The van der Waals surface area contributed by atoms with Crippen molar-refractivity contribution in [1.82, 2.24) is 19.4 Å². The molecule has 6 nitrogen and oxygen atoms in total. The van der Waals surface area contributed by atoms with Crippen LogP contribution in [0.15, 0.2) is 28.5 Å². The molecule has 1 aliphatic rings. The summed E-state index contributed by atoms with van der Waals surface area (Å²) >= 11 is 1.69. The summed E-state index contributed by atoms with van der Waals surface area (Å²) in [4.78, 5) is 19.9. The average Bonchev–Trinajstić information content (AvgIpc) is 3.21. The Hall–Kier alpha value is -2.15. The molecule has 4 rings (SSSR count). The van der Waals surface area contributed by atoms with E-state index in [0.29, 0.717) is 23.9 Å². The monoisotopic (exact) mass is 302 g/mol. The molecule has 0 aromatic carbocycles. The number of hydrogen-bond acceptors (Lipinski definition) is 5. The summed E-state index contributed by atoms with van der Waals surface area (Å²) in [5, 5.41) is 5.86. The van der Waals surface area contributed by atoms with E-state index >= 15 is 0 Å². The maximum absolute atomic E-state index is 12.4. The number of carbonyl (C=O) groups excluding carboxylic acids is 1. The summed E-state index contributed by atoms with van der Waals surface area (Å²) in [5.74, 6) is 0.894. The Bertz CT molecular complexity index is 803. The largest absolute Gasteiger partial charge is 0.361 e. The fourth-order valence-electron chi connectivity index (χ4n) is 2.83. The molecule has 4 heterocycles. The van der Waals surface area contributed by atoms with Gasteiger partial charge >= 0.3 is 0 Å². The first-order chi connectivity index (χ1) is 10.2. The highest BCUT2D eigenvalue weighted by Crippen LogP contribution is 2.31. The summed E-state index contributed by atoms with van der Waals surface area (Å²) in [6.07, 6.45) is 4.78. The second-order valence-corrected chi connectivity index (χ2v) is 6.20. The third kappa shape index (κ3) is 2.04. The van der Waals surface area contributed by atoms with Gasteiger partial charge in [0.05, 0.1) is 5.69 Å². The number of thiazole rings is 1. The van der Waals surface area contributed by atoms with Crippen molar-refractivity contribution in [3.05, 3.63) is 41.1 Å². The number of aryl methyl sites for hydroxylation is 1. The van der Waals surface area contributed by atoms with Crippen LogP contribution in [0.25, 0.3) is 4.83 Å². The van der Waals surface area contributed by atoms with Gasteiger partial charge in [0.1, 0.15) is 16.9 Å². The third-order valence-electron chi connectivity index (χ3n) is 3.89. The van der Waals surface area contributed by atoms with Crippen LogP contribution in [0.3, 0.4) is 0 Å². The molecule has 1 atom stereocenters. The van der Waals surface area contributed by atoms with Crippen molar-refractivity contribution in [3.8, 4) is 0 Å². The lowest BCUT2D eigenvalue weighted by molar-refractivity contribution is 0.0780. The van der Waals surface area contributed by atoms with Crippen molar-refractivity contribution < 1.29 is 9.32 Å². The lowest BCUT2D eigenvalue weighted by atomic mass is 10.1. The third-order valence-corrected chi connectivity index (χ3v) is 4.79. The Balaban J connectivity index is 1.55. The molecule has 108 valence electrons. The molecule has 3 aromatic rings. The maximum atomic E-state index is 12.4. The molecule has 7 heteroatoms. The number of likely N-dealkylation sites (tertiary alicyclic amines) is 1. The fourth-order valence-corrected chi connectivity index (χ4v) is 3.72. The number of imidazole rings is 1. The first kappa shape index (κ1) is 12.6. The first-order valence-electron chi connectivity index (χ1n) is 6.85. The van der Waals surface area contributed by atoms with E-state index in [-0.39, 0.29) is 5.91 Å². The smallest absolute Gasteiger partial charge is 0.276 e. The van der Waals surface area contributed by atoms with Crippen LogP contribution >= 0.6 is 11.3 Å². The molecule has 0 spiro atoms. The van der Waals surface area contributed by atoms with Crippen molar-refractivity contribution in [2.24, 2.45) is 0 Å². The zero-order valence-corrected chi connectivity index (χ0v) is 12.3. The average molecular weight is 302 g/mol. The van der Waals surface area contributed by atoms with Gasteiger partial charge in [-0.15, -0.1) is 11.3 Å². The fraction of sp³-hybridized carbons (Fsp3) is 0.357. The molecule has 1 aliphatic heterocycles. The highest BCUT2D eigenvalue weighted by Gasteiger charge is 2.31. The number of fused-ring (bicyclic) bond motifs is 1. The van der Waals surface area contributed by atoms with Crippen molar-refractivity contribution in [3.63, 3.8) is 0 Å². The minimum absolute atomic E-state index is 0.0593. The minimum Gasteiger partial charge on any atom is -0.361 e. The Morgan fingerprint density at radius 2 is 2.43 bits per heavy atom. The predicted molar refractivity (Wildman–Crippen MR) is 77.6 cm³/mol. The molecular formula is C14H14N4O2S. The van der Waals surface area contributed by atoms with Crippen LogP contribution in [-0.2, 0) is 0 Å². The number of nitrogens with zero attached hydrogens (tertiary/aromatic N) is 4. The zero-order valence-electron chi connectivity index (χ0n) is 11.5. The zero-order chi connectivity index (χ0) is 14.4. The van der Waals surface area contributed by atoms with Crippen molar-refractivity contribution >= 4 is 22.1 Å².